The van der Waals surface area contributed by atoms with Gasteiger partial charge in [-0.05, 0) is 31.5 Å². The van der Waals surface area contributed by atoms with Crippen LogP contribution >= 0.6 is 0 Å². The Morgan fingerprint density at radius 2 is 1.88 bits per heavy atom. The summed E-state index contributed by atoms with van der Waals surface area (Å²) < 4.78 is 0. The van der Waals surface area contributed by atoms with Gasteiger partial charge in [-0.3, -0.25) is 0 Å². The van der Waals surface area contributed by atoms with E-state index in [1.807, 2.05) is 18.2 Å². The zero-order chi connectivity index (χ0) is 11.9. The number of nitrogens with zero attached hydrogens (tertiary/aromatic N) is 1. The van der Waals surface area contributed by atoms with Gasteiger partial charge in [0.25, 0.3) is 0 Å². The fourth-order valence-electron chi connectivity index (χ4n) is 2.32. The topological polar surface area (TPSA) is 35.5 Å². The Kier molecular flexibility index (Phi) is 4.98. The van der Waals surface area contributed by atoms with Gasteiger partial charge < -0.3 is 15.3 Å². The smallest absolute Gasteiger partial charge is 0.0597 e. The Balaban J connectivity index is 1.75. The van der Waals surface area contributed by atoms with E-state index in [4.69, 9.17) is 0 Å². The van der Waals surface area contributed by atoms with Crippen molar-refractivity contribution in [2.45, 2.75) is 25.4 Å². The lowest BCUT2D eigenvalue weighted by molar-refractivity contribution is 0.197. The predicted molar refractivity (Wildman–Crippen MR) is 69.8 cm³/mol. The molecule has 1 aliphatic heterocycles. The van der Waals surface area contributed by atoms with Gasteiger partial charge in [0.1, 0.15) is 0 Å². The van der Waals surface area contributed by atoms with Gasteiger partial charge in [0.05, 0.1) is 6.61 Å². The molecule has 1 heterocycles. The molecular formula is C14H22N2O. The number of nitrogens with one attached hydrogen (secondary N) is 1. The van der Waals surface area contributed by atoms with Crippen molar-refractivity contribution in [3.8, 4) is 0 Å². The number of rotatable bonds is 6. The van der Waals surface area contributed by atoms with Crippen molar-refractivity contribution >= 4 is 0 Å². The lowest BCUT2D eigenvalue weighted by Gasteiger charge is -2.22. The minimum atomic E-state index is 0.188. The summed E-state index contributed by atoms with van der Waals surface area (Å²) >= 11 is 0. The SMILES string of the molecule is OC[C@H](CN1CCCC1)NCc1ccccc1. The van der Waals surface area contributed by atoms with Gasteiger partial charge in [-0.2, -0.15) is 0 Å². The first-order chi connectivity index (χ1) is 8.38. The molecule has 2 N–H and O–H groups in total. The van der Waals surface area contributed by atoms with Crippen LogP contribution in [0.4, 0.5) is 0 Å². The summed E-state index contributed by atoms with van der Waals surface area (Å²) in [5.41, 5.74) is 1.27. The highest BCUT2D eigenvalue weighted by Gasteiger charge is 2.16. The molecule has 1 aromatic rings. The third-order valence-electron chi connectivity index (χ3n) is 3.34. The molecule has 0 bridgehead atoms. The summed E-state index contributed by atoms with van der Waals surface area (Å²) in [7, 11) is 0. The van der Waals surface area contributed by atoms with Crippen LogP contribution in [0.1, 0.15) is 18.4 Å². The van der Waals surface area contributed by atoms with Crippen LogP contribution in [0.3, 0.4) is 0 Å². The molecule has 94 valence electrons. The van der Waals surface area contributed by atoms with Crippen molar-refractivity contribution in [1.29, 1.82) is 0 Å². The fraction of sp³-hybridized carbons (Fsp3) is 0.571. The highest BCUT2D eigenvalue weighted by Crippen LogP contribution is 2.08. The molecule has 1 aromatic carbocycles. The summed E-state index contributed by atoms with van der Waals surface area (Å²) in [6, 6.07) is 10.5. The third-order valence-corrected chi connectivity index (χ3v) is 3.34. The van der Waals surface area contributed by atoms with Crippen LogP contribution in [0.15, 0.2) is 30.3 Å². The average molecular weight is 234 g/mol. The van der Waals surface area contributed by atoms with E-state index >= 15 is 0 Å². The van der Waals surface area contributed by atoms with Gasteiger partial charge >= 0.3 is 0 Å². The highest BCUT2D eigenvalue weighted by molar-refractivity contribution is 5.14. The molecule has 1 fully saturated rings. The summed E-state index contributed by atoms with van der Waals surface area (Å²) in [6.07, 6.45) is 2.60. The molecule has 3 nitrogen and oxygen atoms in total. The number of hydrogen-bond donors (Lipinski definition) is 2. The first-order valence-electron chi connectivity index (χ1n) is 6.49. The maximum absolute atomic E-state index is 9.38. The molecule has 0 amide bonds. The van der Waals surface area contributed by atoms with Crippen molar-refractivity contribution in [2.75, 3.05) is 26.2 Å². The minimum Gasteiger partial charge on any atom is -0.395 e. The predicted octanol–water partition coefficient (Wildman–Crippen LogP) is 1.23. The van der Waals surface area contributed by atoms with Gasteiger partial charge in [-0.1, -0.05) is 30.3 Å². The first-order valence-corrected chi connectivity index (χ1v) is 6.49. The molecule has 0 saturated carbocycles. The lowest BCUT2D eigenvalue weighted by atomic mass is 10.2. The Labute approximate surface area is 103 Å². The maximum atomic E-state index is 9.38. The van der Waals surface area contributed by atoms with Crippen molar-refractivity contribution in [1.82, 2.24) is 10.2 Å². The first kappa shape index (κ1) is 12.6. The minimum absolute atomic E-state index is 0.188. The van der Waals surface area contributed by atoms with Crippen molar-refractivity contribution in [3.63, 3.8) is 0 Å². The van der Waals surface area contributed by atoms with E-state index in [0.717, 1.165) is 13.1 Å². The molecule has 0 aromatic heterocycles. The number of likely N-dealkylation sites (tertiary alicyclic amines) is 1. The quantitative estimate of drug-likeness (QED) is 0.777. The van der Waals surface area contributed by atoms with E-state index in [1.165, 1.54) is 31.5 Å². The molecule has 1 atom stereocenters. The molecule has 0 unspecified atom stereocenters. The molecule has 2 rings (SSSR count). The number of hydrogen-bond acceptors (Lipinski definition) is 3. The Morgan fingerprint density at radius 1 is 1.18 bits per heavy atom. The van der Waals surface area contributed by atoms with Gasteiger partial charge in [0, 0.05) is 19.1 Å². The normalized spacial score (nSPS) is 18.4. The van der Waals surface area contributed by atoms with Crippen LogP contribution in [0.5, 0.6) is 0 Å². The van der Waals surface area contributed by atoms with E-state index in [-0.39, 0.29) is 12.6 Å². The zero-order valence-electron chi connectivity index (χ0n) is 10.3. The van der Waals surface area contributed by atoms with Crippen molar-refractivity contribution in [2.24, 2.45) is 0 Å². The monoisotopic (exact) mass is 234 g/mol. The van der Waals surface area contributed by atoms with Crippen LogP contribution in [-0.2, 0) is 6.54 Å². The number of aliphatic hydroxyl groups excluding tert-OH is 1. The van der Waals surface area contributed by atoms with Crippen LogP contribution in [-0.4, -0.2) is 42.3 Å². The summed E-state index contributed by atoms with van der Waals surface area (Å²) in [5, 5.41) is 12.8. The summed E-state index contributed by atoms with van der Waals surface area (Å²) in [5.74, 6) is 0. The number of aliphatic hydroxyl groups is 1. The Morgan fingerprint density at radius 3 is 2.53 bits per heavy atom. The molecule has 0 aliphatic carbocycles. The Bertz CT molecular complexity index is 309. The molecule has 3 heteroatoms. The molecular weight excluding hydrogens is 212 g/mol. The van der Waals surface area contributed by atoms with Crippen LogP contribution in [0.25, 0.3) is 0 Å². The van der Waals surface area contributed by atoms with Crippen LogP contribution < -0.4 is 5.32 Å². The van der Waals surface area contributed by atoms with Gasteiger partial charge in [0.2, 0.25) is 0 Å². The lowest BCUT2D eigenvalue weighted by Crippen LogP contribution is -2.42. The third kappa shape index (κ3) is 4.11. The van der Waals surface area contributed by atoms with Crippen molar-refractivity contribution in [3.05, 3.63) is 35.9 Å². The van der Waals surface area contributed by atoms with E-state index in [2.05, 4.69) is 22.3 Å². The van der Waals surface area contributed by atoms with E-state index < -0.39 is 0 Å². The molecule has 17 heavy (non-hydrogen) atoms. The highest BCUT2D eigenvalue weighted by atomic mass is 16.3. The second-order valence-corrected chi connectivity index (χ2v) is 4.75. The zero-order valence-corrected chi connectivity index (χ0v) is 10.3. The standard InChI is InChI=1S/C14H22N2O/c17-12-14(11-16-8-4-5-9-16)15-10-13-6-2-1-3-7-13/h1-3,6-7,14-15,17H,4-5,8-12H2/t14-/m0/s1. The molecule has 1 aliphatic rings. The van der Waals surface area contributed by atoms with Crippen LogP contribution in [0.2, 0.25) is 0 Å². The fourth-order valence-corrected chi connectivity index (χ4v) is 2.32. The van der Waals surface area contributed by atoms with E-state index in [1.54, 1.807) is 0 Å². The molecule has 0 spiro atoms. The van der Waals surface area contributed by atoms with E-state index in [9.17, 15) is 5.11 Å². The van der Waals surface area contributed by atoms with Crippen LogP contribution in [0, 0.1) is 0 Å². The molecule has 0 radical (unpaired) electrons. The Hall–Kier alpha value is -0.900. The second-order valence-electron chi connectivity index (χ2n) is 4.75. The average Bonchev–Trinajstić information content (AvgIpc) is 2.88. The van der Waals surface area contributed by atoms with Gasteiger partial charge in [-0.25, -0.2) is 0 Å². The van der Waals surface area contributed by atoms with Crippen molar-refractivity contribution < 1.29 is 5.11 Å². The van der Waals surface area contributed by atoms with Gasteiger partial charge in [-0.15, -0.1) is 0 Å². The summed E-state index contributed by atoms with van der Waals surface area (Å²) in [4.78, 5) is 2.43. The van der Waals surface area contributed by atoms with Gasteiger partial charge in [0.15, 0.2) is 0 Å². The molecule has 1 saturated heterocycles. The largest absolute Gasteiger partial charge is 0.395 e. The maximum Gasteiger partial charge on any atom is 0.0597 e. The van der Waals surface area contributed by atoms with E-state index in [0.29, 0.717) is 0 Å². The second kappa shape index (κ2) is 6.74. The summed E-state index contributed by atoms with van der Waals surface area (Å²) in [6.45, 7) is 4.37. The number of benzene rings is 1.